The van der Waals surface area contributed by atoms with Gasteiger partial charge in [0.1, 0.15) is 5.69 Å². The van der Waals surface area contributed by atoms with Crippen LogP contribution in [0.25, 0.3) is 28.7 Å². The van der Waals surface area contributed by atoms with Crippen molar-refractivity contribution in [3.05, 3.63) is 71.7 Å². The monoisotopic (exact) mass is 466 g/mol. The molecule has 33 heavy (non-hydrogen) atoms. The molecule has 0 saturated carbocycles. The van der Waals surface area contributed by atoms with Gasteiger partial charge < -0.3 is 4.42 Å². The van der Waals surface area contributed by atoms with Crippen LogP contribution in [0.3, 0.4) is 0 Å². The van der Waals surface area contributed by atoms with Crippen molar-refractivity contribution < 1.29 is 30.8 Å². The maximum atomic E-state index is 13.8. The molecule has 0 spiro atoms. The number of nitrogens with zero attached hydrogens (tertiary/aromatic N) is 4. The van der Waals surface area contributed by atoms with E-state index in [9.17, 15) is 26.3 Å². The summed E-state index contributed by atoms with van der Waals surface area (Å²) in [7, 11) is 0. The van der Waals surface area contributed by atoms with Crippen LogP contribution < -0.4 is 0 Å². The lowest BCUT2D eigenvalue weighted by Gasteiger charge is -2.12. The van der Waals surface area contributed by atoms with Crippen molar-refractivity contribution in [3.63, 3.8) is 0 Å². The molecule has 3 aromatic heterocycles. The second kappa shape index (κ2) is 8.05. The first-order chi connectivity index (χ1) is 15.4. The first-order valence-electron chi connectivity index (χ1n) is 9.71. The van der Waals surface area contributed by atoms with Gasteiger partial charge in [-0.3, -0.25) is 0 Å². The molecular formula is C22H16F6N4O. The molecule has 4 rings (SSSR count). The molecule has 0 bridgehead atoms. The van der Waals surface area contributed by atoms with Crippen LogP contribution in [-0.2, 0) is 12.4 Å². The minimum absolute atomic E-state index is 0.0608. The fraction of sp³-hybridized carbons (Fsp3) is 0.227. The van der Waals surface area contributed by atoms with E-state index in [1.165, 1.54) is 18.4 Å². The minimum Gasteiger partial charge on any atom is -0.463 e. The van der Waals surface area contributed by atoms with Gasteiger partial charge in [-0.05, 0) is 35.7 Å². The van der Waals surface area contributed by atoms with Crippen molar-refractivity contribution in [2.75, 3.05) is 0 Å². The van der Waals surface area contributed by atoms with E-state index in [1.807, 2.05) is 13.8 Å². The Kier molecular flexibility index (Phi) is 5.51. The third-order valence-electron chi connectivity index (χ3n) is 4.84. The molecule has 4 aromatic rings. The Morgan fingerprint density at radius 3 is 2.09 bits per heavy atom. The summed E-state index contributed by atoms with van der Waals surface area (Å²) in [5, 5.41) is 3.91. The molecule has 0 saturated heterocycles. The lowest BCUT2D eigenvalue weighted by Crippen LogP contribution is -2.18. The summed E-state index contributed by atoms with van der Waals surface area (Å²) in [6.45, 7) is 3.93. The zero-order chi connectivity index (χ0) is 24.0. The number of aromatic nitrogens is 4. The van der Waals surface area contributed by atoms with Crippen LogP contribution in [0.2, 0.25) is 0 Å². The highest BCUT2D eigenvalue weighted by atomic mass is 19.4. The van der Waals surface area contributed by atoms with E-state index in [1.54, 1.807) is 24.3 Å². The smallest absolute Gasteiger partial charge is 0.433 e. The summed E-state index contributed by atoms with van der Waals surface area (Å²) in [6, 6.07) is 10.8. The van der Waals surface area contributed by atoms with Gasteiger partial charge in [0.25, 0.3) is 5.95 Å². The maximum Gasteiger partial charge on any atom is 0.433 e. The zero-order valence-electron chi connectivity index (χ0n) is 17.2. The van der Waals surface area contributed by atoms with Gasteiger partial charge in [-0.1, -0.05) is 38.1 Å². The van der Waals surface area contributed by atoms with E-state index in [-0.39, 0.29) is 27.7 Å². The number of halogens is 6. The fourth-order valence-corrected chi connectivity index (χ4v) is 3.14. The molecule has 0 N–H and O–H groups in total. The van der Waals surface area contributed by atoms with Crippen molar-refractivity contribution in [2.45, 2.75) is 32.1 Å². The van der Waals surface area contributed by atoms with Gasteiger partial charge in [-0.2, -0.15) is 36.1 Å². The zero-order valence-corrected chi connectivity index (χ0v) is 17.2. The van der Waals surface area contributed by atoms with Crippen molar-refractivity contribution >= 4 is 0 Å². The average molecular weight is 466 g/mol. The molecule has 1 aromatic carbocycles. The van der Waals surface area contributed by atoms with Crippen molar-refractivity contribution in [3.8, 4) is 28.7 Å². The Morgan fingerprint density at radius 2 is 1.55 bits per heavy atom. The van der Waals surface area contributed by atoms with Crippen LogP contribution in [0.15, 0.2) is 59.2 Å². The number of hydrogen-bond acceptors (Lipinski definition) is 4. The van der Waals surface area contributed by atoms with Gasteiger partial charge in [0.05, 0.1) is 12.0 Å². The third kappa shape index (κ3) is 4.62. The van der Waals surface area contributed by atoms with Crippen molar-refractivity contribution in [1.29, 1.82) is 0 Å². The standard InChI is InChI=1S/C22H16F6N4O/c1-12(2)13-5-7-14(8-6-13)15-11-19(22(26,27)28)32(31-15)20-29-16(17-4-3-9-33-17)10-18(30-20)21(23,24)25/h3-12H,1-2H3. The first-order valence-corrected chi connectivity index (χ1v) is 9.71. The molecule has 0 aliphatic heterocycles. The number of hydrogen-bond donors (Lipinski definition) is 0. The molecule has 11 heteroatoms. The summed E-state index contributed by atoms with van der Waals surface area (Å²) >= 11 is 0. The van der Waals surface area contributed by atoms with E-state index < -0.39 is 29.7 Å². The lowest BCUT2D eigenvalue weighted by molar-refractivity contribution is -0.143. The maximum absolute atomic E-state index is 13.8. The largest absolute Gasteiger partial charge is 0.463 e. The Bertz CT molecular complexity index is 1260. The Balaban J connectivity index is 1.90. The molecule has 0 aliphatic rings. The van der Waals surface area contributed by atoms with E-state index in [4.69, 9.17) is 4.42 Å². The highest BCUT2D eigenvalue weighted by molar-refractivity contribution is 5.61. The molecule has 0 aliphatic carbocycles. The molecule has 0 fully saturated rings. The first kappa shape index (κ1) is 22.6. The number of furan rings is 1. The summed E-state index contributed by atoms with van der Waals surface area (Å²) in [5.41, 5.74) is -1.82. The van der Waals surface area contributed by atoms with Gasteiger partial charge in [-0.15, -0.1) is 0 Å². The second-order valence-electron chi connectivity index (χ2n) is 7.51. The molecule has 3 heterocycles. The molecular weight excluding hydrogens is 450 g/mol. The molecule has 5 nitrogen and oxygen atoms in total. The van der Waals surface area contributed by atoms with Gasteiger partial charge >= 0.3 is 12.4 Å². The van der Waals surface area contributed by atoms with E-state index in [2.05, 4.69) is 15.1 Å². The summed E-state index contributed by atoms with van der Waals surface area (Å²) in [6.07, 6.45) is -8.65. The number of benzene rings is 1. The van der Waals surface area contributed by atoms with Crippen LogP contribution in [0, 0.1) is 0 Å². The van der Waals surface area contributed by atoms with Crippen LogP contribution in [-0.4, -0.2) is 19.7 Å². The van der Waals surface area contributed by atoms with Crippen LogP contribution in [0.5, 0.6) is 0 Å². The van der Waals surface area contributed by atoms with Gasteiger partial charge in [0.2, 0.25) is 0 Å². The average Bonchev–Trinajstić information content (AvgIpc) is 3.43. The number of alkyl halides is 6. The van der Waals surface area contributed by atoms with Gasteiger partial charge in [0, 0.05) is 5.56 Å². The van der Waals surface area contributed by atoms with Crippen LogP contribution >= 0.6 is 0 Å². The second-order valence-corrected chi connectivity index (χ2v) is 7.51. The minimum atomic E-state index is -4.93. The Labute approximate surface area is 183 Å². The predicted octanol–water partition coefficient (Wildman–Crippen LogP) is 6.75. The van der Waals surface area contributed by atoms with Crippen LogP contribution in [0.1, 0.15) is 36.7 Å². The molecule has 0 amide bonds. The summed E-state index contributed by atoms with van der Waals surface area (Å²) < 4.78 is 87.0. The molecule has 0 atom stereocenters. The van der Waals surface area contributed by atoms with E-state index in [0.717, 1.165) is 11.6 Å². The quantitative estimate of drug-likeness (QED) is 0.312. The molecule has 0 radical (unpaired) electrons. The highest BCUT2D eigenvalue weighted by Gasteiger charge is 2.39. The topological polar surface area (TPSA) is 56.7 Å². The third-order valence-corrected chi connectivity index (χ3v) is 4.84. The molecule has 0 unspecified atom stereocenters. The molecule has 172 valence electrons. The Morgan fingerprint density at radius 1 is 0.848 bits per heavy atom. The van der Waals surface area contributed by atoms with Crippen molar-refractivity contribution in [2.24, 2.45) is 0 Å². The Hall–Kier alpha value is -3.63. The summed E-state index contributed by atoms with van der Waals surface area (Å²) in [5.74, 6) is -0.733. The fourth-order valence-electron chi connectivity index (χ4n) is 3.14. The van der Waals surface area contributed by atoms with Gasteiger partial charge in [0.15, 0.2) is 17.1 Å². The van der Waals surface area contributed by atoms with Crippen molar-refractivity contribution in [1.82, 2.24) is 19.7 Å². The van der Waals surface area contributed by atoms with Crippen LogP contribution in [0.4, 0.5) is 26.3 Å². The van der Waals surface area contributed by atoms with E-state index in [0.29, 0.717) is 11.6 Å². The SMILES string of the molecule is CC(C)c1ccc(-c2cc(C(F)(F)F)n(-c3nc(-c4ccco4)cc(C(F)(F)F)n3)n2)cc1. The number of rotatable bonds is 4. The predicted molar refractivity (Wildman–Crippen MR) is 106 cm³/mol. The summed E-state index contributed by atoms with van der Waals surface area (Å²) in [4.78, 5) is 7.20. The van der Waals surface area contributed by atoms with E-state index >= 15 is 0 Å². The lowest BCUT2D eigenvalue weighted by atomic mass is 10.0. The normalized spacial score (nSPS) is 12.5. The highest BCUT2D eigenvalue weighted by Crippen LogP contribution is 2.36. The van der Waals surface area contributed by atoms with Gasteiger partial charge in [-0.25, -0.2) is 9.97 Å².